The lowest BCUT2D eigenvalue weighted by molar-refractivity contribution is 0.102. The number of carbonyl (C=O) groups is 1. The van der Waals surface area contributed by atoms with Crippen molar-refractivity contribution in [1.82, 2.24) is 4.98 Å². The third kappa shape index (κ3) is 2.67. The number of hydrogen-bond acceptors (Lipinski definition) is 3. The molecular formula is C16H12FN3O. The Kier molecular flexibility index (Phi) is 3.23. The van der Waals surface area contributed by atoms with Gasteiger partial charge >= 0.3 is 0 Å². The van der Waals surface area contributed by atoms with Gasteiger partial charge in [0.1, 0.15) is 5.82 Å². The van der Waals surface area contributed by atoms with E-state index in [0.29, 0.717) is 11.3 Å². The Balaban J connectivity index is 1.91. The number of carbonyl (C=O) groups excluding carboxylic acids is 1. The van der Waals surface area contributed by atoms with E-state index in [1.807, 2.05) is 6.07 Å². The highest BCUT2D eigenvalue weighted by molar-refractivity contribution is 6.07. The zero-order valence-corrected chi connectivity index (χ0v) is 11.0. The standard InChI is InChI=1S/C16H12FN3O/c17-12-4-5-13(18)15(9-12)20-16(21)11-3-6-14-10(8-11)2-1-7-19-14/h1-9H,18H2,(H,20,21). The fourth-order valence-electron chi connectivity index (χ4n) is 2.05. The van der Waals surface area contributed by atoms with Crippen LogP contribution in [-0.4, -0.2) is 10.9 Å². The Morgan fingerprint density at radius 1 is 1.14 bits per heavy atom. The van der Waals surface area contributed by atoms with Gasteiger partial charge in [0.15, 0.2) is 0 Å². The predicted molar refractivity (Wildman–Crippen MR) is 80.5 cm³/mol. The smallest absolute Gasteiger partial charge is 0.255 e. The molecule has 0 aliphatic carbocycles. The molecule has 3 rings (SSSR count). The number of hydrogen-bond donors (Lipinski definition) is 2. The lowest BCUT2D eigenvalue weighted by Gasteiger charge is -2.08. The number of nitrogens with one attached hydrogen (secondary N) is 1. The first kappa shape index (κ1) is 13.1. The summed E-state index contributed by atoms with van der Waals surface area (Å²) in [5.74, 6) is -0.805. The summed E-state index contributed by atoms with van der Waals surface area (Å²) in [5.41, 5.74) is 7.55. The van der Waals surface area contributed by atoms with Crippen molar-refractivity contribution in [1.29, 1.82) is 0 Å². The summed E-state index contributed by atoms with van der Waals surface area (Å²) in [6, 6.07) is 12.7. The van der Waals surface area contributed by atoms with Crippen LogP contribution in [0, 0.1) is 5.82 Å². The minimum absolute atomic E-state index is 0.256. The van der Waals surface area contributed by atoms with Crippen LogP contribution >= 0.6 is 0 Å². The highest BCUT2D eigenvalue weighted by Crippen LogP contribution is 2.21. The van der Waals surface area contributed by atoms with Crippen LogP contribution in [0.2, 0.25) is 0 Å². The maximum Gasteiger partial charge on any atom is 0.255 e. The fraction of sp³-hybridized carbons (Fsp3) is 0. The van der Waals surface area contributed by atoms with Crippen LogP contribution in [0.4, 0.5) is 15.8 Å². The van der Waals surface area contributed by atoms with Crippen LogP contribution in [0.5, 0.6) is 0 Å². The van der Waals surface area contributed by atoms with Gasteiger partial charge in [-0.05, 0) is 42.5 Å². The molecule has 2 aromatic carbocycles. The van der Waals surface area contributed by atoms with E-state index in [0.717, 1.165) is 10.9 Å². The van der Waals surface area contributed by atoms with Crippen LogP contribution in [0.25, 0.3) is 10.9 Å². The molecule has 0 bridgehead atoms. The number of rotatable bonds is 2. The molecule has 21 heavy (non-hydrogen) atoms. The number of nitrogens with zero attached hydrogens (tertiary/aromatic N) is 1. The molecule has 0 aliphatic rings. The largest absolute Gasteiger partial charge is 0.397 e. The zero-order valence-electron chi connectivity index (χ0n) is 11.0. The number of anilines is 2. The highest BCUT2D eigenvalue weighted by Gasteiger charge is 2.09. The van der Waals surface area contributed by atoms with Gasteiger partial charge in [0.05, 0.1) is 16.9 Å². The van der Waals surface area contributed by atoms with Crippen molar-refractivity contribution in [2.24, 2.45) is 0 Å². The van der Waals surface area contributed by atoms with Gasteiger partial charge in [-0.15, -0.1) is 0 Å². The molecule has 0 saturated heterocycles. The summed E-state index contributed by atoms with van der Waals surface area (Å²) in [7, 11) is 0. The van der Waals surface area contributed by atoms with Crippen molar-refractivity contribution < 1.29 is 9.18 Å². The van der Waals surface area contributed by atoms with Crippen molar-refractivity contribution in [3.8, 4) is 0 Å². The van der Waals surface area contributed by atoms with Crippen LogP contribution in [0.3, 0.4) is 0 Å². The molecule has 0 fully saturated rings. The predicted octanol–water partition coefficient (Wildman–Crippen LogP) is 3.21. The van der Waals surface area contributed by atoms with Gasteiger partial charge in [0.2, 0.25) is 0 Å². The monoisotopic (exact) mass is 281 g/mol. The lowest BCUT2D eigenvalue weighted by atomic mass is 10.1. The number of fused-ring (bicyclic) bond motifs is 1. The Hall–Kier alpha value is -2.95. The lowest BCUT2D eigenvalue weighted by Crippen LogP contribution is -2.13. The molecule has 0 radical (unpaired) electrons. The molecule has 0 saturated carbocycles. The van der Waals surface area contributed by atoms with E-state index >= 15 is 0 Å². The Morgan fingerprint density at radius 2 is 2.00 bits per heavy atom. The number of pyridine rings is 1. The second kappa shape index (κ2) is 5.20. The summed E-state index contributed by atoms with van der Waals surface area (Å²) < 4.78 is 13.2. The molecular weight excluding hydrogens is 269 g/mol. The Labute approximate surface area is 120 Å². The van der Waals surface area contributed by atoms with Gasteiger partial charge in [-0.1, -0.05) is 6.07 Å². The SMILES string of the molecule is Nc1ccc(F)cc1NC(=O)c1ccc2ncccc2c1. The van der Waals surface area contributed by atoms with Crippen molar-refractivity contribution in [2.45, 2.75) is 0 Å². The van der Waals surface area contributed by atoms with Crippen molar-refractivity contribution in [3.63, 3.8) is 0 Å². The molecule has 3 aromatic rings. The maximum atomic E-state index is 13.2. The first-order valence-corrected chi connectivity index (χ1v) is 6.34. The number of nitrogen functional groups attached to an aromatic ring is 1. The molecule has 4 nitrogen and oxygen atoms in total. The van der Waals surface area contributed by atoms with E-state index < -0.39 is 5.82 Å². The van der Waals surface area contributed by atoms with E-state index in [9.17, 15) is 9.18 Å². The molecule has 0 spiro atoms. The van der Waals surface area contributed by atoms with Crippen molar-refractivity contribution >= 4 is 28.2 Å². The first-order valence-electron chi connectivity index (χ1n) is 6.34. The van der Waals surface area contributed by atoms with E-state index in [1.54, 1.807) is 30.5 Å². The summed E-state index contributed by atoms with van der Waals surface area (Å²) in [6.45, 7) is 0. The van der Waals surface area contributed by atoms with Crippen molar-refractivity contribution in [2.75, 3.05) is 11.1 Å². The summed E-state index contributed by atoms with van der Waals surface area (Å²) in [4.78, 5) is 16.4. The molecule has 104 valence electrons. The number of nitrogens with two attached hydrogens (primary N) is 1. The molecule has 1 heterocycles. The number of benzene rings is 2. The number of aromatic nitrogens is 1. The Morgan fingerprint density at radius 3 is 2.86 bits per heavy atom. The highest BCUT2D eigenvalue weighted by atomic mass is 19.1. The summed E-state index contributed by atoms with van der Waals surface area (Å²) in [5, 5.41) is 3.47. The van der Waals surface area contributed by atoms with Gasteiger partial charge in [-0.25, -0.2) is 4.39 Å². The second-order valence-electron chi connectivity index (χ2n) is 4.60. The van der Waals surface area contributed by atoms with Crippen LogP contribution in [-0.2, 0) is 0 Å². The fourth-order valence-corrected chi connectivity index (χ4v) is 2.05. The average molecular weight is 281 g/mol. The Bertz CT molecular complexity index is 833. The molecule has 1 aromatic heterocycles. The second-order valence-corrected chi connectivity index (χ2v) is 4.60. The third-order valence-electron chi connectivity index (χ3n) is 3.13. The van der Waals surface area contributed by atoms with E-state index in [2.05, 4.69) is 10.3 Å². The van der Waals surface area contributed by atoms with E-state index in [1.165, 1.54) is 18.2 Å². The topological polar surface area (TPSA) is 68.0 Å². The van der Waals surface area contributed by atoms with Gasteiger partial charge in [0.25, 0.3) is 5.91 Å². The van der Waals surface area contributed by atoms with Crippen LogP contribution in [0.1, 0.15) is 10.4 Å². The van der Waals surface area contributed by atoms with Gasteiger partial charge in [-0.2, -0.15) is 0 Å². The first-order chi connectivity index (χ1) is 10.1. The van der Waals surface area contributed by atoms with E-state index in [4.69, 9.17) is 5.73 Å². The molecule has 0 atom stereocenters. The van der Waals surface area contributed by atoms with Crippen molar-refractivity contribution in [3.05, 3.63) is 66.1 Å². The van der Waals surface area contributed by atoms with Crippen LogP contribution in [0.15, 0.2) is 54.7 Å². The quantitative estimate of drug-likeness (QED) is 0.709. The molecule has 0 aliphatic heterocycles. The molecule has 3 N–H and O–H groups in total. The average Bonchev–Trinajstić information content (AvgIpc) is 2.50. The normalized spacial score (nSPS) is 10.5. The molecule has 0 unspecified atom stereocenters. The van der Waals surface area contributed by atoms with Gasteiger partial charge < -0.3 is 11.1 Å². The molecule has 5 heteroatoms. The van der Waals surface area contributed by atoms with Crippen LogP contribution < -0.4 is 11.1 Å². The third-order valence-corrected chi connectivity index (χ3v) is 3.13. The number of amides is 1. The van der Waals surface area contributed by atoms with Gasteiger partial charge in [0, 0.05) is 17.1 Å². The maximum absolute atomic E-state index is 13.2. The van der Waals surface area contributed by atoms with E-state index in [-0.39, 0.29) is 11.6 Å². The number of halogens is 1. The molecule has 1 amide bonds. The minimum atomic E-state index is -0.456. The summed E-state index contributed by atoms with van der Waals surface area (Å²) in [6.07, 6.45) is 1.69. The summed E-state index contributed by atoms with van der Waals surface area (Å²) >= 11 is 0. The van der Waals surface area contributed by atoms with Gasteiger partial charge in [-0.3, -0.25) is 9.78 Å². The zero-order chi connectivity index (χ0) is 14.8. The minimum Gasteiger partial charge on any atom is -0.397 e.